The quantitative estimate of drug-likeness (QED) is 0.674. The molecule has 1 aliphatic carbocycles. The van der Waals surface area contributed by atoms with Crippen molar-refractivity contribution >= 4 is 5.91 Å². The van der Waals surface area contributed by atoms with Crippen molar-refractivity contribution in [2.45, 2.75) is 52.9 Å². The van der Waals surface area contributed by atoms with E-state index >= 15 is 0 Å². The maximum Gasteiger partial charge on any atom is 0.254 e. The van der Waals surface area contributed by atoms with Gasteiger partial charge in [-0.15, -0.1) is 0 Å². The number of rotatable bonds is 4. The van der Waals surface area contributed by atoms with Gasteiger partial charge in [0.2, 0.25) is 0 Å². The van der Waals surface area contributed by atoms with Crippen molar-refractivity contribution in [2.24, 2.45) is 11.3 Å². The van der Waals surface area contributed by atoms with Gasteiger partial charge in [-0.1, -0.05) is 59.8 Å². The highest BCUT2D eigenvalue weighted by atomic mass is 16.2. The van der Waals surface area contributed by atoms with Crippen LogP contribution >= 0.6 is 0 Å². The SMILES string of the molecule is C=CC(=O)N(C(=C)C1CCCCC1)C(=C)C(C)(C)C. The van der Waals surface area contributed by atoms with Gasteiger partial charge in [-0.2, -0.15) is 0 Å². The Labute approximate surface area is 117 Å². The molecule has 0 aliphatic heterocycles. The summed E-state index contributed by atoms with van der Waals surface area (Å²) in [7, 11) is 0. The second-order valence-corrected chi connectivity index (χ2v) is 6.40. The van der Waals surface area contributed by atoms with Crippen molar-refractivity contribution in [1.82, 2.24) is 4.90 Å². The van der Waals surface area contributed by atoms with Gasteiger partial charge in [0.25, 0.3) is 5.91 Å². The van der Waals surface area contributed by atoms with Crippen LogP contribution in [0.4, 0.5) is 0 Å². The van der Waals surface area contributed by atoms with E-state index in [4.69, 9.17) is 0 Å². The Hall–Kier alpha value is -1.31. The highest BCUT2D eigenvalue weighted by Crippen LogP contribution is 2.36. The molecule has 0 aromatic heterocycles. The van der Waals surface area contributed by atoms with Gasteiger partial charge >= 0.3 is 0 Å². The molecular formula is C17H27NO. The molecule has 0 saturated heterocycles. The lowest BCUT2D eigenvalue weighted by molar-refractivity contribution is -0.123. The molecule has 106 valence electrons. The van der Waals surface area contributed by atoms with Crippen LogP contribution in [0.3, 0.4) is 0 Å². The standard InChI is InChI=1S/C17H27NO/c1-7-16(19)18(14(3)17(4,5)6)13(2)15-11-9-8-10-12-15/h7,15H,1-3,8-12H2,4-6H3. The smallest absolute Gasteiger partial charge is 0.254 e. The maximum absolute atomic E-state index is 12.2. The van der Waals surface area contributed by atoms with Crippen molar-refractivity contribution in [3.8, 4) is 0 Å². The Bertz CT molecular complexity index is 381. The molecule has 0 aromatic carbocycles. The minimum Gasteiger partial charge on any atom is -0.285 e. The van der Waals surface area contributed by atoms with E-state index in [2.05, 4.69) is 40.5 Å². The highest BCUT2D eigenvalue weighted by molar-refractivity contribution is 5.90. The summed E-state index contributed by atoms with van der Waals surface area (Å²) in [4.78, 5) is 13.9. The molecule has 0 spiro atoms. The molecule has 0 atom stereocenters. The van der Waals surface area contributed by atoms with Crippen LogP contribution in [0, 0.1) is 11.3 Å². The van der Waals surface area contributed by atoms with Gasteiger partial charge in [0.05, 0.1) is 0 Å². The summed E-state index contributed by atoms with van der Waals surface area (Å²) < 4.78 is 0. The minimum atomic E-state index is -0.156. The molecule has 1 saturated carbocycles. The molecule has 1 rings (SSSR count). The topological polar surface area (TPSA) is 20.3 Å². The summed E-state index contributed by atoms with van der Waals surface area (Å²) in [6.07, 6.45) is 7.34. The van der Waals surface area contributed by atoms with Crippen LogP contribution in [0.1, 0.15) is 52.9 Å². The zero-order valence-electron chi connectivity index (χ0n) is 12.7. The number of nitrogens with zero attached hydrogens (tertiary/aromatic N) is 1. The average Bonchev–Trinajstić information content (AvgIpc) is 2.38. The van der Waals surface area contributed by atoms with E-state index in [9.17, 15) is 4.79 Å². The Morgan fingerprint density at radius 2 is 1.68 bits per heavy atom. The fourth-order valence-electron chi connectivity index (χ4n) is 2.49. The predicted molar refractivity (Wildman–Crippen MR) is 81.4 cm³/mol. The van der Waals surface area contributed by atoms with E-state index in [-0.39, 0.29) is 11.3 Å². The summed E-state index contributed by atoms with van der Waals surface area (Å²) in [5.74, 6) is 0.284. The zero-order valence-corrected chi connectivity index (χ0v) is 12.7. The third kappa shape index (κ3) is 3.82. The molecule has 1 aliphatic rings. The van der Waals surface area contributed by atoms with Crippen LogP contribution in [0.15, 0.2) is 37.2 Å². The molecule has 0 N–H and O–H groups in total. The first-order chi connectivity index (χ1) is 8.79. The first-order valence-electron chi connectivity index (χ1n) is 7.13. The van der Waals surface area contributed by atoms with Gasteiger partial charge in [-0.05, 0) is 24.8 Å². The molecule has 2 nitrogen and oxygen atoms in total. The van der Waals surface area contributed by atoms with Crippen LogP contribution in [-0.4, -0.2) is 10.8 Å². The molecule has 0 unspecified atom stereocenters. The van der Waals surface area contributed by atoms with E-state index < -0.39 is 0 Å². The second kappa shape index (κ2) is 6.23. The lowest BCUT2D eigenvalue weighted by Gasteiger charge is -2.37. The number of carbonyl (C=O) groups is 1. The first kappa shape index (κ1) is 15.7. The molecule has 0 radical (unpaired) electrons. The van der Waals surface area contributed by atoms with Gasteiger partial charge in [0.15, 0.2) is 0 Å². The van der Waals surface area contributed by atoms with Crippen LogP contribution in [0.2, 0.25) is 0 Å². The molecule has 1 amide bonds. The van der Waals surface area contributed by atoms with Crippen molar-refractivity contribution in [3.63, 3.8) is 0 Å². The van der Waals surface area contributed by atoms with Crippen molar-refractivity contribution in [3.05, 3.63) is 37.2 Å². The summed E-state index contributed by atoms with van der Waals surface area (Å²) in [6, 6.07) is 0. The van der Waals surface area contributed by atoms with Crippen molar-refractivity contribution in [2.75, 3.05) is 0 Å². The second-order valence-electron chi connectivity index (χ2n) is 6.40. The van der Waals surface area contributed by atoms with Gasteiger partial charge < -0.3 is 0 Å². The molecule has 2 heteroatoms. The lowest BCUT2D eigenvalue weighted by Crippen LogP contribution is -2.36. The van der Waals surface area contributed by atoms with E-state index in [1.165, 1.54) is 25.3 Å². The summed E-state index contributed by atoms with van der Waals surface area (Å²) >= 11 is 0. The Morgan fingerprint density at radius 1 is 1.16 bits per heavy atom. The van der Waals surface area contributed by atoms with Gasteiger partial charge in [-0.25, -0.2) is 0 Å². The molecule has 0 bridgehead atoms. The lowest BCUT2D eigenvalue weighted by atomic mass is 9.85. The van der Waals surface area contributed by atoms with Gasteiger partial charge in [0, 0.05) is 16.8 Å². The fourth-order valence-corrected chi connectivity index (χ4v) is 2.49. The fraction of sp³-hybridized carbons (Fsp3) is 0.588. The summed E-state index contributed by atoms with van der Waals surface area (Å²) in [6.45, 7) is 18.1. The van der Waals surface area contributed by atoms with E-state index in [0.29, 0.717) is 5.92 Å². The third-order valence-corrected chi connectivity index (χ3v) is 3.89. The Morgan fingerprint density at radius 3 is 2.11 bits per heavy atom. The number of hydrogen-bond donors (Lipinski definition) is 0. The molecule has 0 heterocycles. The average molecular weight is 261 g/mol. The molecule has 19 heavy (non-hydrogen) atoms. The first-order valence-corrected chi connectivity index (χ1v) is 7.13. The predicted octanol–water partition coefficient (Wildman–Crippen LogP) is 4.65. The van der Waals surface area contributed by atoms with Crippen LogP contribution < -0.4 is 0 Å². The molecule has 1 fully saturated rings. The summed E-state index contributed by atoms with van der Waals surface area (Å²) in [5, 5.41) is 0. The third-order valence-electron chi connectivity index (χ3n) is 3.89. The largest absolute Gasteiger partial charge is 0.285 e. The normalized spacial score (nSPS) is 16.8. The number of amides is 1. The van der Waals surface area contributed by atoms with Gasteiger partial charge in [-0.3, -0.25) is 9.69 Å². The number of carbonyl (C=O) groups excluding carboxylic acids is 1. The molecular weight excluding hydrogens is 234 g/mol. The minimum absolute atomic E-state index is 0.115. The van der Waals surface area contributed by atoms with Crippen LogP contribution in [0.5, 0.6) is 0 Å². The van der Waals surface area contributed by atoms with E-state index in [1.807, 2.05) is 0 Å². The number of allylic oxidation sites excluding steroid dienone is 2. The van der Waals surface area contributed by atoms with Crippen LogP contribution in [-0.2, 0) is 4.79 Å². The maximum atomic E-state index is 12.2. The van der Waals surface area contributed by atoms with E-state index in [1.54, 1.807) is 4.90 Å². The Kier molecular flexibility index (Phi) is 5.16. The summed E-state index contributed by atoms with van der Waals surface area (Å²) in [5.41, 5.74) is 1.54. The van der Waals surface area contributed by atoms with E-state index in [0.717, 1.165) is 24.2 Å². The van der Waals surface area contributed by atoms with Gasteiger partial charge in [0.1, 0.15) is 0 Å². The zero-order chi connectivity index (χ0) is 14.6. The van der Waals surface area contributed by atoms with Crippen molar-refractivity contribution < 1.29 is 4.79 Å². The van der Waals surface area contributed by atoms with Crippen molar-refractivity contribution in [1.29, 1.82) is 0 Å². The Balaban J connectivity index is 2.96. The monoisotopic (exact) mass is 261 g/mol. The van der Waals surface area contributed by atoms with Crippen LogP contribution in [0.25, 0.3) is 0 Å². The highest BCUT2D eigenvalue weighted by Gasteiger charge is 2.30. The molecule has 0 aromatic rings. The number of hydrogen-bond acceptors (Lipinski definition) is 1.